The molecule has 0 radical (unpaired) electrons. The Kier molecular flexibility index (Phi) is 5.40. The number of aliphatic carboxylic acids is 1. The molecule has 0 fully saturated rings. The molecule has 0 bridgehead atoms. The standard InChI is InChI=1S/C20H21N3O4/c21-16-7-3-6-14(8-16)20(27)22-11-18(24)23-12-15-5-2-1-4-13(15)9-17(23)10-19(25)26/h1-8,17H,9-12,21H2,(H,22,27)(H,25,26). The molecule has 1 heterocycles. The molecule has 2 amide bonds. The van der Waals surface area contributed by atoms with Gasteiger partial charge in [-0.25, -0.2) is 0 Å². The Morgan fingerprint density at radius 3 is 2.56 bits per heavy atom. The van der Waals surface area contributed by atoms with Crippen molar-refractivity contribution in [1.29, 1.82) is 0 Å². The van der Waals surface area contributed by atoms with Gasteiger partial charge in [-0.05, 0) is 35.7 Å². The molecule has 27 heavy (non-hydrogen) atoms. The Bertz CT molecular complexity index is 881. The topological polar surface area (TPSA) is 113 Å². The molecule has 0 aromatic heterocycles. The van der Waals surface area contributed by atoms with Crippen molar-refractivity contribution in [1.82, 2.24) is 10.2 Å². The van der Waals surface area contributed by atoms with Gasteiger partial charge in [-0.15, -0.1) is 0 Å². The molecule has 1 unspecified atom stereocenters. The van der Waals surface area contributed by atoms with Gasteiger partial charge in [0.25, 0.3) is 5.91 Å². The van der Waals surface area contributed by atoms with Gasteiger partial charge in [-0.3, -0.25) is 14.4 Å². The number of anilines is 1. The summed E-state index contributed by atoms with van der Waals surface area (Å²) >= 11 is 0. The van der Waals surface area contributed by atoms with Gasteiger partial charge < -0.3 is 21.1 Å². The third-order valence-electron chi connectivity index (χ3n) is 4.63. The summed E-state index contributed by atoms with van der Waals surface area (Å²) in [5, 5.41) is 11.8. The first-order valence-corrected chi connectivity index (χ1v) is 8.66. The molecule has 0 saturated carbocycles. The zero-order chi connectivity index (χ0) is 19.4. The van der Waals surface area contributed by atoms with Crippen LogP contribution < -0.4 is 11.1 Å². The van der Waals surface area contributed by atoms with Crippen LogP contribution in [0, 0.1) is 0 Å². The number of nitrogen functional groups attached to an aromatic ring is 1. The fraction of sp³-hybridized carbons (Fsp3) is 0.250. The van der Waals surface area contributed by atoms with Gasteiger partial charge in [0.05, 0.1) is 13.0 Å². The van der Waals surface area contributed by atoms with Gasteiger partial charge in [0.2, 0.25) is 5.91 Å². The Hall–Kier alpha value is -3.35. The number of amides is 2. The first kappa shape index (κ1) is 18.4. The second kappa shape index (κ2) is 7.90. The highest BCUT2D eigenvalue weighted by Crippen LogP contribution is 2.25. The number of carboxylic acids is 1. The van der Waals surface area contributed by atoms with Crippen LogP contribution in [-0.4, -0.2) is 40.4 Å². The molecule has 0 aliphatic carbocycles. The zero-order valence-electron chi connectivity index (χ0n) is 14.7. The molecule has 1 aliphatic heterocycles. The van der Waals surface area contributed by atoms with Crippen molar-refractivity contribution in [2.24, 2.45) is 0 Å². The molecule has 2 aromatic carbocycles. The van der Waals surface area contributed by atoms with Crippen molar-refractivity contribution in [2.75, 3.05) is 12.3 Å². The molecular weight excluding hydrogens is 346 g/mol. The number of fused-ring (bicyclic) bond motifs is 1. The fourth-order valence-electron chi connectivity index (χ4n) is 3.30. The van der Waals surface area contributed by atoms with Crippen molar-refractivity contribution < 1.29 is 19.5 Å². The number of nitrogens with zero attached hydrogens (tertiary/aromatic N) is 1. The Balaban J connectivity index is 1.69. The highest BCUT2D eigenvalue weighted by Gasteiger charge is 2.31. The van der Waals surface area contributed by atoms with E-state index < -0.39 is 17.9 Å². The summed E-state index contributed by atoms with van der Waals surface area (Å²) in [4.78, 5) is 37.7. The number of hydrogen-bond acceptors (Lipinski definition) is 4. The summed E-state index contributed by atoms with van der Waals surface area (Å²) in [7, 11) is 0. The van der Waals surface area contributed by atoms with Crippen LogP contribution in [0.3, 0.4) is 0 Å². The molecule has 3 rings (SSSR count). The lowest BCUT2D eigenvalue weighted by Crippen LogP contribution is -2.49. The SMILES string of the molecule is Nc1cccc(C(=O)NCC(=O)N2Cc3ccccc3CC2CC(=O)O)c1. The van der Waals surface area contributed by atoms with E-state index in [0.717, 1.165) is 11.1 Å². The van der Waals surface area contributed by atoms with Crippen molar-refractivity contribution in [3.05, 3.63) is 65.2 Å². The number of nitrogens with one attached hydrogen (secondary N) is 1. The average Bonchev–Trinajstić information content (AvgIpc) is 2.64. The molecule has 1 atom stereocenters. The third-order valence-corrected chi connectivity index (χ3v) is 4.63. The smallest absolute Gasteiger partial charge is 0.305 e. The van der Waals surface area contributed by atoms with Crippen molar-refractivity contribution >= 4 is 23.5 Å². The van der Waals surface area contributed by atoms with Crippen LogP contribution in [0.2, 0.25) is 0 Å². The predicted octanol–water partition coefficient (Wildman–Crippen LogP) is 1.43. The summed E-state index contributed by atoms with van der Waals surface area (Å²) in [5.74, 6) is -1.67. The second-order valence-corrected chi connectivity index (χ2v) is 6.55. The number of carbonyl (C=O) groups is 3. The van der Waals surface area contributed by atoms with E-state index in [-0.39, 0.29) is 18.9 Å². The van der Waals surface area contributed by atoms with Gasteiger partial charge in [-0.2, -0.15) is 0 Å². The summed E-state index contributed by atoms with van der Waals surface area (Å²) in [6.45, 7) is 0.132. The fourth-order valence-corrected chi connectivity index (χ4v) is 3.30. The van der Waals surface area contributed by atoms with Crippen molar-refractivity contribution in [2.45, 2.75) is 25.4 Å². The average molecular weight is 367 g/mol. The molecule has 0 saturated heterocycles. The largest absolute Gasteiger partial charge is 0.481 e. The van der Waals surface area contributed by atoms with E-state index in [1.807, 2.05) is 24.3 Å². The van der Waals surface area contributed by atoms with Crippen LogP contribution in [-0.2, 0) is 22.6 Å². The lowest BCUT2D eigenvalue weighted by molar-refractivity contribution is -0.141. The first-order chi connectivity index (χ1) is 12.9. The minimum Gasteiger partial charge on any atom is -0.481 e. The van der Waals surface area contributed by atoms with Crippen molar-refractivity contribution in [3.8, 4) is 0 Å². The van der Waals surface area contributed by atoms with Crippen LogP contribution in [0.4, 0.5) is 5.69 Å². The minimum atomic E-state index is -0.957. The maximum Gasteiger partial charge on any atom is 0.305 e. The third kappa shape index (κ3) is 4.44. The lowest BCUT2D eigenvalue weighted by atomic mass is 9.92. The summed E-state index contributed by atoms with van der Waals surface area (Å²) in [6.07, 6.45) is 0.348. The normalized spacial score (nSPS) is 15.7. The van der Waals surface area contributed by atoms with Crippen LogP contribution in [0.25, 0.3) is 0 Å². The number of rotatable bonds is 5. The Morgan fingerprint density at radius 2 is 1.85 bits per heavy atom. The van der Waals surface area contributed by atoms with E-state index in [1.54, 1.807) is 18.2 Å². The summed E-state index contributed by atoms with van der Waals surface area (Å²) < 4.78 is 0. The van der Waals surface area contributed by atoms with Gasteiger partial charge in [0.1, 0.15) is 0 Å². The molecule has 2 aromatic rings. The van der Waals surface area contributed by atoms with Gasteiger partial charge in [0, 0.05) is 23.8 Å². The molecule has 1 aliphatic rings. The van der Waals surface area contributed by atoms with Crippen LogP contribution >= 0.6 is 0 Å². The maximum atomic E-state index is 12.7. The van der Waals surface area contributed by atoms with Crippen molar-refractivity contribution in [3.63, 3.8) is 0 Å². The van der Waals surface area contributed by atoms with E-state index in [4.69, 9.17) is 5.73 Å². The van der Waals surface area contributed by atoms with Gasteiger partial charge in [0.15, 0.2) is 0 Å². The quantitative estimate of drug-likeness (QED) is 0.692. The van der Waals surface area contributed by atoms with E-state index >= 15 is 0 Å². The molecule has 0 spiro atoms. The summed E-state index contributed by atoms with van der Waals surface area (Å²) in [5.41, 5.74) is 8.55. The lowest BCUT2D eigenvalue weighted by Gasteiger charge is -2.36. The zero-order valence-corrected chi connectivity index (χ0v) is 14.7. The predicted molar refractivity (Wildman–Crippen MR) is 99.9 cm³/mol. The van der Waals surface area contributed by atoms with Crippen LogP contribution in [0.15, 0.2) is 48.5 Å². The first-order valence-electron chi connectivity index (χ1n) is 8.66. The molecule has 7 nitrogen and oxygen atoms in total. The monoisotopic (exact) mass is 367 g/mol. The van der Waals surface area contributed by atoms with Crippen LogP contribution in [0.5, 0.6) is 0 Å². The van der Waals surface area contributed by atoms with Gasteiger partial charge >= 0.3 is 5.97 Å². The highest BCUT2D eigenvalue weighted by molar-refractivity contribution is 5.97. The second-order valence-electron chi connectivity index (χ2n) is 6.55. The number of carbonyl (C=O) groups excluding carboxylic acids is 2. The number of hydrogen-bond donors (Lipinski definition) is 3. The molecular formula is C20H21N3O4. The highest BCUT2D eigenvalue weighted by atomic mass is 16.4. The molecule has 4 N–H and O–H groups in total. The van der Waals surface area contributed by atoms with E-state index in [2.05, 4.69) is 5.32 Å². The number of nitrogens with two attached hydrogens (primary N) is 1. The van der Waals surface area contributed by atoms with E-state index in [1.165, 1.54) is 11.0 Å². The van der Waals surface area contributed by atoms with Gasteiger partial charge in [-0.1, -0.05) is 30.3 Å². The molecule has 7 heteroatoms. The van der Waals surface area contributed by atoms with E-state index in [0.29, 0.717) is 24.2 Å². The number of carboxylic acid groups (broad SMARTS) is 1. The Morgan fingerprint density at radius 1 is 1.11 bits per heavy atom. The maximum absolute atomic E-state index is 12.7. The van der Waals surface area contributed by atoms with E-state index in [9.17, 15) is 19.5 Å². The molecule has 140 valence electrons. The Labute approximate surface area is 156 Å². The number of benzene rings is 2. The minimum absolute atomic E-state index is 0.136. The summed E-state index contributed by atoms with van der Waals surface area (Å²) in [6, 6.07) is 13.7. The van der Waals surface area contributed by atoms with Crippen LogP contribution in [0.1, 0.15) is 27.9 Å².